The van der Waals surface area contributed by atoms with Gasteiger partial charge < -0.3 is 9.64 Å². The average molecular weight is 223 g/mol. The molecule has 1 aromatic heterocycles. The summed E-state index contributed by atoms with van der Waals surface area (Å²) < 4.78 is 4.90. The predicted octanol–water partition coefficient (Wildman–Crippen LogP) is 1.02. The molecule has 0 spiro atoms. The highest BCUT2D eigenvalue weighted by Crippen LogP contribution is 2.06. The summed E-state index contributed by atoms with van der Waals surface area (Å²) in [4.78, 5) is 21.8. The molecule has 0 aromatic carbocycles. The van der Waals surface area contributed by atoms with Crippen molar-refractivity contribution in [1.29, 1.82) is 0 Å². The summed E-state index contributed by atoms with van der Waals surface area (Å²) in [5.74, 6) is 0.340. The molecular weight excluding hydrogens is 206 g/mol. The van der Waals surface area contributed by atoms with Crippen LogP contribution in [0.5, 0.6) is 0 Å². The first kappa shape index (κ1) is 12.6. The first-order chi connectivity index (χ1) is 7.54. The summed E-state index contributed by atoms with van der Waals surface area (Å²) >= 11 is 0. The molecule has 0 aliphatic heterocycles. The first-order valence-corrected chi connectivity index (χ1v) is 5.19. The molecule has 0 aliphatic rings. The Morgan fingerprint density at radius 1 is 1.50 bits per heavy atom. The third kappa shape index (κ3) is 3.27. The summed E-state index contributed by atoms with van der Waals surface area (Å²) in [5.41, 5.74) is 1.09. The molecule has 0 bridgehead atoms. The van der Waals surface area contributed by atoms with E-state index in [2.05, 4.69) is 9.97 Å². The Morgan fingerprint density at radius 2 is 2.19 bits per heavy atom. The number of aromatic nitrogens is 2. The van der Waals surface area contributed by atoms with Crippen LogP contribution < -0.4 is 0 Å². The Kier molecular flexibility index (Phi) is 4.37. The topological polar surface area (TPSA) is 55.3 Å². The minimum absolute atomic E-state index is 0.359. The highest BCUT2D eigenvalue weighted by Gasteiger charge is 2.12. The largest absolute Gasteiger partial charge is 0.462 e. The quantitative estimate of drug-likeness (QED) is 0.713. The van der Waals surface area contributed by atoms with Crippen molar-refractivity contribution in [1.82, 2.24) is 14.9 Å². The second-order valence-corrected chi connectivity index (χ2v) is 3.74. The molecule has 16 heavy (non-hydrogen) atoms. The van der Waals surface area contributed by atoms with Gasteiger partial charge in [0.2, 0.25) is 0 Å². The van der Waals surface area contributed by atoms with E-state index in [0.717, 1.165) is 0 Å². The van der Waals surface area contributed by atoms with Crippen molar-refractivity contribution in [3.05, 3.63) is 23.3 Å². The van der Waals surface area contributed by atoms with Crippen LogP contribution in [0.25, 0.3) is 0 Å². The minimum atomic E-state index is -0.364. The lowest BCUT2D eigenvalue weighted by atomic mass is 10.2. The van der Waals surface area contributed by atoms with Crippen LogP contribution in [0.1, 0.15) is 28.8 Å². The fraction of sp³-hybridized carbons (Fsp3) is 0.545. The minimum Gasteiger partial charge on any atom is -0.462 e. The van der Waals surface area contributed by atoms with E-state index in [0.29, 0.717) is 30.2 Å². The van der Waals surface area contributed by atoms with Gasteiger partial charge in [-0.05, 0) is 27.9 Å². The van der Waals surface area contributed by atoms with Gasteiger partial charge in [0.05, 0.1) is 24.4 Å². The molecule has 0 saturated heterocycles. The molecule has 5 heteroatoms. The van der Waals surface area contributed by atoms with E-state index >= 15 is 0 Å². The maximum absolute atomic E-state index is 11.5. The Hall–Kier alpha value is -1.49. The number of nitrogens with zero attached hydrogens (tertiary/aromatic N) is 3. The highest BCUT2D eigenvalue weighted by atomic mass is 16.5. The van der Waals surface area contributed by atoms with Crippen molar-refractivity contribution in [2.24, 2.45) is 0 Å². The third-order valence-corrected chi connectivity index (χ3v) is 1.98. The Morgan fingerprint density at radius 3 is 2.69 bits per heavy atom. The summed E-state index contributed by atoms with van der Waals surface area (Å²) in [6, 6.07) is 0. The fourth-order valence-corrected chi connectivity index (χ4v) is 1.28. The number of esters is 1. The van der Waals surface area contributed by atoms with Gasteiger partial charge in [0, 0.05) is 6.20 Å². The van der Waals surface area contributed by atoms with Gasteiger partial charge in [-0.3, -0.25) is 0 Å². The molecule has 0 atom stereocenters. The second kappa shape index (κ2) is 5.55. The molecule has 0 saturated carbocycles. The standard InChI is InChI=1S/C11H17N3O2/c1-5-16-11(15)9-6-12-10(7-14(3)4)13-8(9)2/h6H,5,7H2,1-4H3. The van der Waals surface area contributed by atoms with Gasteiger partial charge >= 0.3 is 5.97 Å². The van der Waals surface area contributed by atoms with Crippen LogP contribution in [0.15, 0.2) is 6.20 Å². The lowest BCUT2D eigenvalue weighted by Crippen LogP contribution is -2.16. The van der Waals surface area contributed by atoms with Gasteiger partial charge in [-0.25, -0.2) is 14.8 Å². The van der Waals surface area contributed by atoms with Gasteiger partial charge in [0.25, 0.3) is 0 Å². The van der Waals surface area contributed by atoms with Crippen molar-refractivity contribution >= 4 is 5.97 Å². The zero-order chi connectivity index (χ0) is 12.1. The van der Waals surface area contributed by atoms with Crippen LogP contribution in [0, 0.1) is 6.92 Å². The lowest BCUT2D eigenvalue weighted by molar-refractivity contribution is 0.0524. The molecule has 0 amide bonds. The van der Waals surface area contributed by atoms with Crippen molar-refractivity contribution in [3.63, 3.8) is 0 Å². The number of carbonyl (C=O) groups excluding carboxylic acids is 1. The van der Waals surface area contributed by atoms with Crippen molar-refractivity contribution in [2.45, 2.75) is 20.4 Å². The number of rotatable bonds is 4. The Labute approximate surface area is 95.5 Å². The van der Waals surface area contributed by atoms with Crippen molar-refractivity contribution in [3.8, 4) is 0 Å². The van der Waals surface area contributed by atoms with Crippen LogP contribution in [0.4, 0.5) is 0 Å². The Bertz CT molecular complexity index is 377. The summed E-state index contributed by atoms with van der Waals surface area (Å²) in [5, 5.41) is 0. The van der Waals surface area contributed by atoms with Crippen LogP contribution in [-0.4, -0.2) is 41.5 Å². The molecule has 0 radical (unpaired) electrons. The van der Waals surface area contributed by atoms with Gasteiger partial charge in [-0.2, -0.15) is 0 Å². The number of hydrogen-bond donors (Lipinski definition) is 0. The summed E-state index contributed by atoms with van der Waals surface area (Å²) in [6.45, 7) is 4.57. The molecule has 5 nitrogen and oxygen atoms in total. The fourth-order valence-electron chi connectivity index (χ4n) is 1.28. The van der Waals surface area contributed by atoms with E-state index in [-0.39, 0.29) is 5.97 Å². The van der Waals surface area contributed by atoms with E-state index < -0.39 is 0 Å². The second-order valence-electron chi connectivity index (χ2n) is 3.74. The van der Waals surface area contributed by atoms with Crippen LogP contribution in [0.2, 0.25) is 0 Å². The van der Waals surface area contributed by atoms with E-state index in [1.54, 1.807) is 13.8 Å². The van der Waals surface area contributed by atoms with Gasteiger partial charge in [0.1, 0.15) is 5.82 Å². The smallest absolute Gasteiger partial charge is 0.341 e. The SMILES string of the molecule is CCOC(=O)c1cnc(CN(C)C)nc1C. The van der Waals surface area contributed by atoms with Crippen molar-refractivity contribution in [2.75, 3.05) is 20.7 Å². The van der Waals surface area contributed by atoms with Gasteiger partial charge in [-0.15, -0.1) is 0 Å². The van der Waals surface area contributed by atoms with E-state index in [1.165, 1.54) is 6.20 Å². The number of hydrogen-bond acceptors (Lipinski definition) is 5. The van der Waals surface area contributed by atoms with Crippen molar-refractivity contribution < 1.29 is 9.53 Å². The van der Waals surface area contributed by atoms with Crippen LogP contribution >= 0.6 is 0 Å². The molecule has 88 valence electrons. The van der Waals surface area contributed by atoms with Crippen LogP contribution in [-0.2, 0) is 11.3 Å². The maximum Gasteiger partial charge on any atom is 0.341 e. The molecule has 1 aromatic rings. The maximum atomic E-state index is 11.5. The molecule has 0 N–H and O–H groups in total. The monoisotopic (exact) mass is 223 g/mol. The van der Waals surface area contributed by atoms with Gasteiger partial charge in [0.15, 0.2) is 0 Å². The van der Waals surface area contributed by atoms with E-state index in [9.17, 15) is 4.79 Å². The summed E-state index contributed by atoms with van der Waals surface area (Å²) in [7, 11) is 3.88. The molecule has 1 heterocycles. The highest BCUT2D eigenvalue weighted by molar-refractivity contribution is 5.90. The zero-order valence-corrected chi connectivity index (χ0v) is 10.1. The third-order valence-electron chi connectivity index (χ3n) is 1.98. The molecule has 1 rings (SSSR count). The lowest BCUT2D eigenvalue weighted by Gasteiger charge is -2.10. The van der Waals surface area contributed by atoms with Gasteiger partial charge in [-0.1, -0.05) is 0 Å². The normalized spacial score (nSPS) is 10.6. The summed E-state index contributed by atoms with van der Waals surface area (Å²) in [6.07, 6.45) is 1.53. The molecule has 0 fully saturated rings. The average Bonchev–Trinajstić information content (AvgIpc) is 2.16. The van der Waals surface area contributed by atoms with Crippen LogP contribution in [0.3, 0.4) is 0 Å². The van der Waals surface area contributed by atoms with E-state index in [1.807, 2.05) is 19.0 Å². The zero-order valence-electron chi connectivity index (χ0n) is 10.1. The molecule has 0 aliphatic carbocycles. The Balaban J connectivity index is 2.87. The predicted molar refractivity (Wildman–Crippen MR) is 60.1 cm³/mol. The first-order valence-electron chi connectivity index (χ1n) is 5.19. The molecule has 0 unspecified atom stereocenters. The number of carbonyl (C=O) groups is 1. The number of ether oxygens (including phenoxy) is 1. The van der Waals surface area contributed by atoms with E-state index in [4.69, 9.17) is 4.74 Å². The molecular formula is C11H17N3O2. The number of aryl methyl sites for hydroxylation is 1.